The van der Waals surface area contributed by atoms with Crippen molar-refractivity contribution in [1.82, 2.24) is 5.32 Å². The maximum Gasteiger partial charge on any atom is 0.0662 e. The molecule has 0 aliphatic carbocycles. The molecule has 19 heavy (non-hydrogen) atoms. The minimum atomic E-state index is -0.285. The third kappa shape index (κ3) is 3.78. The zero-order valence-electron chi connectivity index (χ0n) is 11.4. The van der Waals surface area contributed by atoms with Gasteiger partial charge in [0.05, 0.1) is 6.10 Å². The van der Waals surface area contributed by atoms with Crippen LogP contribution < -0.4 is 5.32 Å². The van der Waals surface area contributed by atoms with Crippen LogP contribution in [0.4, 0.5) is 0 Å². The highest BCUT2D eigenvalue weighted by atomic mass is 79.9. The Bertz CT molecular complexity index is 405. The van der Waals surface area contributed by atoms with Crippen molar-refractivity contribution in [2.75, 3.05) is 19.8 Å². The summed E-state index contributed by atoms with van der Waals surface area (Å²) in [7, 11) is 0. The number of rotatable bonds is 5. The molecule has 106 valence electrons. The molecular formula is C15H22BrNO2. The molecule has 2 rings (SSSR count). The Morgan fingerprint density at radius 3 is 2.79 bits per heavy atom. The lowest BCUT2D eigenvalue weighted by atomic mass is 9.82. The maximum absolute atomic E-state index is 9.80. The van der Waals surface area contributed by atoms with Crippen LogP contribution in [0.15, 0.2) is 28.7 Å². The van der Waals surface area contributed by atoms with Crippen molar-refractivity contribution in [3.63, 3.8) is 0 Å². The average Bonchev–Trinajstić information content (AvgIpc) is 2.46. The highest BCUT2D eigenvalue weighted by molar-refractivity contribution is 9.10. The Balaban J connectivity index is 2.19. The molecule has 0 spiro atoms. The monoisotopic (exact) mass is 327 g/mol. The van der Waals surface area contributed by atoms with Crippen molar-refractivity contribution in [3.8, 4) is 0 Å². The van der Waals surface area contributed by atoms with E-state index in [1.54, 1.807) is 0 Å². The second-order valence-corrected chi connectivity index (χ2v) is 6.06. The van der Waals surface area contributed by atoms with Gasteiger partial charge in [0, 0.05) is 29.8 Å². The van der Waals surface area contributed by atoms with Crippen LogP contribution in [0, 0.1) is 0 Å². The molecule has 1 unspecified atom stereocenters. The third-order valence-electron chi connectivity index (χ3n) is 3.87. The fourth-order valence-corrected chi connectivity index (χ4v) is 2.93. The van der Waals surface area contributed by atoms with E-state index in [0.717, 1.165) is 36.9 Å². The fraction of sp³-hybridized carbons (Fsp3) is 0.600. The lowest BCUT2D eigenvalue weighted by Crippen LogP contribution is -2.49. The largest absolute Gasteiger partial charge is 0.392 e. The van der Waals surface area contributed by atoms with Gasteiger partial charge in [-0.1, -0.05) is 35.0 Å². The number of ether oxygens (including phenoxy) is 1. The van der Waals surface area contributed by atoms with Gasteiger partial charge in [-0.25, -0.2) is 0 Å². The first-order valence-electron chi connectivity index (χ1n) is 6.93. The van der Waals surface area contributed by atoms with E-state index in [0.29, 0.717) is 6.54 Å². The second-order valence-electron chi connectivity index (χ2n) is 5.15. The second kappa shape index (κ2) is 6.84. The number of hydrogen-bond acceptors (Lipinski definition) is 3. The number of halogens is 1. The van der Waals surface area contributed by atoms with Gasteiger partial charge in [0.25, 0.3) is 0 Å². The summed E-state index contributed by atoms with van der Waals surface area (Å²) in [5, 5.41) is 13.4. The average molecular weight is 328 g/mol. The molecule has 1 atom stereocenters. The smallest absolute Gasteiger partial charge is 0.0662 e. The molecule has 0 amide bonds. The standard InChI is InChI=1S/C15H22BrNO2/c1-2-14(18)11-17-15(6-8-19-9-7-15)12-4-3-5-13(16)10-12/h3-5,10,14,17-18H,2,6-9,11H2,1H3. The van der Waals surface area contributed by atoms with E-state index in [1.165, 1.54) is 5.56 Å². The summed E-state index contributed by atoms with van der Waals surface area (Å²) in [5.41, 5.74) is 1.20. The van der Waals surface area contributed by atoms with Crippen LogP contribution in [0.25, 0.3) is 0 Å². The normalized spacial score (nSPS) is 20.2. The zero-order chi connectivity index (χ0) is 13.7. The summed E-state index contributed by atoms with van der Waals surface area (Å²) < 4.78 is 6.59. The predicted octanol–water partition coefficient (Wildman–Crippen LogP) is 2.82. The maximum atomic E-state index is 9.80. The molecule has 0 bridgehead atoms. The summed E-state index contributed by atoms with van der Waals surface area (Å²) in [6.07, 6.45) is 2.38. The van der Waals surface area contributed by atoms with Crippen LogP contribution >= 0.6 is 15.9 Å². The molecule has 0 aromatic heterocycles. The van der Waals surface area contributed by atoms with Crippen molar-refractivity contribution in [3.05, 3.63) is 34.3 Å². The Labute approximate surface area is 123 Å². The number of aliphatic hydroxyl groups is 1. The van der Waals surface area contributed by atoms with Crippen molar-refractivity contribution in [2.24, 2.45) is 0 Å². The van der Waals surface area contributed by atoms with Gasteiger partial charge in [-0.2, -0.15) is 0 Å². The lowest BCUT2D eigenvalue weighted by Gasteiger charge is -2.39. The van der Waals surface area contributed by atoms with Gasteiger partial charge in [-0.15, -0.1) is 0 Å². The predicted molar refractivity (Wildman–Crippen MR) is 80.2 cm³/mol. The van der Waals surface area contributed by atoms with Crippen LogP contribution in [0.2, 0.25) is 0 Å². The molecule has 1 aromatic rings. The quantitative estimate of drug-likeness (QED) is 0.873. The van der Waals surface area contributed by atoms with Crippen LogP contribution in [0.5, 0.6) is 0 Å². The summed E-state index contributed by atoms with van der Waals surface area (Å²) in [6, 6.07) is 8.42. The van der Waals surface area contributed by atoms with E-state index in [2.05, 4.69) is 39.4 Å². The van der Waals surface area contributed by atoms with Gasteiger partial charge in [0.2, 0.25) is 0 Å². The van der Waals surface area contributed by atoms with Crippen molar-refractivity contribution in [2.45, 2.75) is 37.8 Å². The van der Waals surface area contributed by atoms with Crippen LogP contribution in [-0.2, 0) is 10.3 Å². The molecule has 1 fully saturated rings. The first-order valence-corrected chi connectivity index (χ1v) is 7.72. The van der Waals surface area contributed by atoms with Crippen molar-refractivity contribution in [1.29, 1.82) is 0 Å². The Hall–Kier alpha value is -0.420. The zero-order valence-corrected chi connectivity index (χ0v) is 12.9. The topological polar surface area (TPSA) is 41.5 Å². The van der Waals surface area contributed by atoms with Crippen LogP contribution in [-0.4, -0.2) is 31.0 Å². The van der Waals surface area contributed by atoms with Crippen molar-refractivity contribution >= 4 is 15.9 Å². The SMILES string of the molecule is CCC(O)CNC1(c2cccc(Br)c2)CCOCC1. The molecule has 2 N–H and O–H groups in total. The number of nitrogens with one attached hydrogen (secondary N) is 1. The van der Waals surface area contributed by atoms with E-state index in [9.17, 15) is 5.11 Å². The molecule has 4 heteroatoms. The van der Waals surface area contributed by atoms with E-state index < -0.39 is 0 Å². The molecule has 1 aromatic carbocycles. The summed E-state index contributed by atoms with van der Waals surface area (Å²) in [5.74, 6) is 0. The lowest BCUT2D eigenvalue weighted by molar-refractivity contribution is 0.0298. The third-order valence-corrected chi connectivity index (χ3v) is 4.36. The van der Waals surface area contributed by atoms with Gasteiger partial charge in [-0.3, -0.25) is 0 Å². The van der Waals surface area contributed by atoms with E-state index in [4.69, 9.17) is 4.74 Å². The van der Waals surface area contributed by atoms with Gasteiger partial charge in [-0.05, 0) is 37.0 Å². The van der Waals surface area contributed by atoms with Crippen molar-refractivity contribution < 1.29 is 9.84 Å². The number of hydrogen-bond donors (Lipinski definition) is 2. The minimum absolute atomic E-state index is 0.0712. The first kappa shape index (κ1) is 15.0. The molecule has 1 saturated heterocycles. The Kier molecular flexibility index (Phi) is 5.39. The molecule has 1 heterocycles. The number of benzene rings is 1. The molecule has 1 aliphatic heterocycles. The Morgan fingerprint density at radius 1 is 1.42 bits per heavy atom. The molecule has 0 radical (unpaired) electrons. The highest BCUT2D eigenvalue weighted by Gasteiger charge is 2.34. The number of aliphatic hydroxyl groups excluding tert-OH is 1. The van der Waals surface area contributed by atoms with E-state index >= 15 is 0 Å². The van der Waals surface area contributed by atoms with Gasteiger partial charge in [0.1, 0.15) is 0 Å². The minimum Gasteiger partial charge on any atom is -0.392 e. The molecule has 3 nitrogen and oxygen atoms in total. The van der Waals surface area contributed by atoms with Crippen LogP contribution in [0.3, 0.4) is 0 Å². The first-order chi connectivity index (χ1) is 9.16. The van der Waals surface area contributed by atoms with Crippen LogP contribution in [0.1, 0.15) is 31.7 Å². The molecular weight excluding hydrogens is 306 g/mol. The summed E-state index contributed by atoms with van der Waals surface area (Å²) >= 11 is 3.54. The van der Waals surface area contributed by atoms with E-state index in [-0.39, 0.29) is 11.6 Å². The van der Waals surface area contributed by atoms with Gasteiger partial charge >= 0.3 is 0 Å². The summed E-state index contributed by atoms with van der Waals surface area (Å²) in [4.78, 5) is 0. The highest BCUT2D eigenvalue weighted by Crippen LogP contribution is 2.33. The summed E-state index contributed by atoms with van der Waals surface area (Å²) in [6.45, 7) is 4.16. The molecule has 0 saturated carbocycles. The fourth-order valence-electron chi connectivity index (χ4n) is 2.53. The Morgan fingerprint density at radius 2 is 2.16 bits per heavy atom. The van der Waals surface area contributed by atoms with Gasteiger partial charge < -0.3 is 15.2 Å². The van der Waals surface area contributed by atoms with E-state index in [1.807, 2.05) is 13.0 Å². The molecule has 1 aliphatic rings. The van der Waals surface area contributed by atoms with Gasteiger partial charge in [0.15, 0.2) is 0 Å².